The van der Waals surface area contributed by atoms with Gasteiger partial charge in [-0.2, -0.15) is 5.26 Å². The Hall–Kier alpha value is -2.53. The summed E-state index contributed by atoms with van der Waals surface area (Å²) in [4.78, 5) is 25.8. The fraction of sp³-hybridized carbons (Fsp3) is 0.412. The molecular weight excluding hydrogens is 338 g/mol. The first-order valence-corrected chi connectivity index (χ1v) is 9.11. The highest BCUT2D eigenvalue weighted by Crippen LogP contribution is 2.15. The standard InChI is InChI=1S/C17H21N5O2S/c1-2-21(11-6-10-18)15(23)13-25-17-20-19-16(24)22(17)12-9-14-7-4-3-5-8-14/h3-5,7-8H,2,6,9,11-13H2,1H3,(H,19,24). The van der Waals surface area contributed by atoms with Gasteiger partial charge in [-0.3, -0.25) is 9.36 Å². The molecule has 1 aromatic carbocycles. The van der Waals surface area contributed by atoms with E-state index >= 15 is 0 Å². The van der Waals surface area contributed by atoms with Crippen molar-refractivity contribution in [3.8, 4) is 6.07 Å². The summed E-state index contributed by atoms with van der Waals surface area (Å²) in [5.41, 5.74) is 0.860. The van der Waals surface area contributed by atoms with Crippen LogP contribution in [0.25, 0.3) is 0 Å². The molecule has 0 unspecified atom stereocenters. The largest absolute Gasteiger partial charge is 0.343 e. The number of nitrogens with zero attached hydrogens (tertiary/aromatic N) is 4. The fourth-order valence-electron chi connectivity index (χ4n) is 2.36. The molecule has 1 amide bonds. The van der Waals surface area contributed by atoms with Crippen LogP contribution in [-0.2, 0) is 17.8 Å². The molecule has 0 saturated heterocycles. The van der Waals surface area contributed by atoms with E-state index in [1.165, 1.54) is 11.8 Å². The van der Waals surface area contributed by atoms with E-state index < -0.39 is 0 Å². The average molecular weight is 359 g/mol. The number of thioether (sulfide) groups is 1. The zero-order chi connectivity index (χ0) is 18.1. The Labute approximate surface area is 150 Å². The van der Waals surface area contributed by atoms with Crippen LogP contribution in [0.15, 0.2) is 40.3 Å². The maximum Gasteiger partial charge on any atom is 0.343 e. The van der Waals surface area contributed by atoms with E-state index in [1.807, 2.05) is 43.3 Å². The van der Waals surface area contributed by atoms with Gasteiger partial charge >= 0.3 is 5.69 Å². The number of aromatic amines is 1. The Kier molecular flexibility index (Phi) is 7.29. The molecule has 0 aliphatic rings. The number of aryl methyl sites for hydroxylation is 1. The molecule has 0 aliphatic carbocycles. The quantitative estimate of drug-likeness (QED) is 0.687. The van der Waals surface area contributed by atoms with Crippen LogP contribution in [0, 0.1) is 11.3 Å². The molecule has 7 nitrogen and oxygen atoms in total. The van der Waals surface area contributed by atoms with Crippen LogP contribution in [0.5, 0.6) is 0 Å². The van der Waals surface area contributed by atoms with E-state index in [0.717, 1.165) is 5.56 Å². The van der Waals surface area contributed by atoms with E-state index in [4.69, 9.17) is 5.26 Å². The molecule has 0 atom stereocenters. The summed E-state index contributed by atoms with van der Waals surface area (Å²) < 4.78 is 1.55. The van der Waals surface area contributed by atoms with Crippen molar-refractivity contribution in [2.75, 3.05) is 18.8 Å². The van der Waals surface area contributed by atoms with Crippen LogP contribution in [0.2, 0.25) is 0 Å². The van der Waals surface area contributed by atoms with Crippen LogP contribution in [0.3, 0.4) is 0 Å². The first kappa shape index (κ1) is 18.8. The summed E-state index contributed by atoms with van der Waals surface area (Å²) >= 11 is 1.23. The van der Waals surface area contributed by atoms with Gasteiger partial charge in [0.05, 0.1) is 18.2 Å². The lowest BCUT2D eigenvalue weighted by Gasteiger charge is -2.19. The third kappa shape index (κ3) is 5.50. The normalized spacial score (nSPS) is 10.4. The van der Waals surface area contributed by atoms with E-state index in [1.54, 1.807) is 9.47 Å². The molecule has 2 rings (SSSR count). The third-order valence-corrected chi connectivity index (χ3v) is 4.70. The summed E-state index contributed by atoms with van der Waals surface area (Å²) in [5, 5.41) is 15.6. The van der Waals surface area contributed by atoms with Gasteiger partial charge in [-0.25, -0.2) is 9.89 Å². The molecule has 132 valence electrons. The van der Waals surface area contributed by atoms with Gasteiger partial charge in [0.2, 0.25) is 5.91 Å². The van der Waals surface area contributed by atoms with Gasteiger partial charge in [-0.15, -0.1) is 5.10 Å². The number of hydrogen-bond acceptors (Lipinski definition) is 5. The molecule has 8 heteroatoms. The third-order valence-electron chi connectivity index (χ3n) is 3.74. The average Bonchev–Trinajstić information content (AvgIpc) is 2.99. The van der Waals surface area contributed by atoms with Crippen molar-refractivity contribution in [1.29, 1.82) is 5.26 Å². The number of amides is 1. The minimum atomic E-state index is -0.275. The lowest BCUT2D eigenvalue weighted by Crippen LogP contribution is -2.33. The molecule has 1 heterocycles. The molecule has 0 radical (unpaired) electrons. The summed E-state index contributed by atoms with van der Waals surface area (Å²) in [7, 11) is 0. The van der Waals surface area contributed by atoms with E-state index in [9.17, 15) is 9.59 Å². The molecule has 2 aromatic rings. The Morgan fingerprint density at radius 2 is 2.16 bits per heavy atom. The van der Waals surface area contributed by atoms with Crippen molar-refractivity contribution in [3.63, 3.8) is 0 Å². The van der Waals surface area contributed by atoms with E-state index in [0.29, 0.717) is 37.6 Å². The smallest absolute Gasteiger partial charge is 0.341 e. The number of H-pyrrole nitrogens is 1. The van der Waals surface area contributed by atoms with Crippen molar-refractivity contribution >= 4 is 17.7 Å². The number of nitriles is 1. The van der Waals surface area contributed by atoms with E-state index in [-0.39, 0.29) is 17.3 Å². The molecule has 0 saturated carbocycles. The number of hydrogen-bond donors (Lipinski definition) is 1. The Bertz CT molecular complexity index is 778. The molecule has 1 N–H and O–H groups in total. The molecule has 0 spiro atoms. The number of benzene rings is 1. The maximum absolute atomic E-state index is 12.2. The molecule has 0 fully saturated rings. The van der Waals surface area contributed by atoms with Gasteiger partial charge in [0.25, 0.3) is 0 Å². The first-order valence-electron chi connectivity index (χ1n) is 8.12. The monoisotopic (exact) mass is 359 g/mol. The summed E-state index contributed by atoms with van der Waals surface area (Å²) in [6.07, 6.45) is 1.03. The van der Waals surface area contributed by atoms with Crippen LogP contribution < -0.4 is 5.69 Å². The SMILES string of the molecule is CCN(CCC#N)C(=O)CSc1n[nH]c(=O)n1CCc1ccccc1. The molecule has 1 aromatic heterocycles. The predicted molar refractivity (Wildman–Crippen MR) is 96.2 cm³/mol. The molecule has 0 bridgehead atoms. The fourth-order valence-corrected chi connectivity index (χ4v) is 3.23. The number of carbonyl (C=O) groups is 1. The predicted octanol–water partition coefficient (Wildman–Crippen LogP) is 1.67. The van der Waals surface area contributed by atoms with Crippen molar-refractivity contribution in [2.45, 2.75) is 31.5 Å². The Balaban J connectivity index is 1.95. The lowest BCUT2D eigenvalue weighted by molar-refractivity contribution is -0.128. The van der Waals surface area contributed by atoms with Crippen LogP contribution in [0.4, 0.5) is 0 Å². The Morgan fingerprint density at radius 1 is 1.40 bits per heavy atom. The molecule has 25 heavy (non-hydrogen) atoms. The van der Waals surface area contributed by atoms with Gasteiger partial charge in [-0.05, 0) is 18.9 Å². The van der Waals surface area contributed by atoms with Crippen molar-refractivity contribution < 1.29 is 4.79 Å². The lowest BCUT2D eigenvalue weighted by atomic mass is 10.1. The molecule has 0 aliphatic heterocycles. The number of aromatic nitrogens is 3. The zero-order valence-corrected chi connectivity index (χ0v) is 15.0. The first-order chi connectivity index (χ1) is 12.2. The number of rotatable bonds is 9. The highest BCUT2D eigenvalue weighted by molar-refractivity contribution is 7.99. The summed E-state index contributed by atoms with van der Waals surface area (Å²) in [6, 6.07) is 11.9. The van der Waals surface area contributed by atoms with Crippen LogP contribution in [0.1, 0.15) is 18.9 Å². The minimum absolute atomic E-state index is 0.0622. The van der Waals surface area contributed by atoms with Gasteiger partial charge in [-0.1, -0.05) is 42.1 Å². The van der Waals surface area contributed by atoms with Gasteiger partial charge in [0.15, 0.2) is 5.16 Å². The molecular formula is C17H21N5O2S. The highest BCUT2D eigenvalue weighted by Gasteiger charge is 2.15. The van der Waals surface area contributed by atoms with Gasteiger partial charge in [0, 0.05) is 19.6 Å². The minimum Gasteiger partial charge on any atom is -0.341 e. The zero-order valence-electron chi connectivity index (χ0n) is 14.1. The second kappa shape index (κ2) is 9.69. The number of nitrogens with one attached hydrogen (secondary N) is 1. The summed E-state index contributed by atoms with van der Waals surface area (Å²) in [6.45, 7) is 3.36. The highest BCUT2D eigenvalue weighted by atomic mass is 32.2. The second-order valence-corrected chi connectivity index (χ2v) is 6.31. The topological polar surface area (TPSA) is 94.8 Å². The van der Waals surface area contributed by atoms with Crippen molar-refractivity contribution in [3.05, 3.63) is 46.4 Å². The summed E-state index contributed by atoms with van der Waals surface area (Å²) in [5.74, 6) is 0.127. The van der Waals surface area contributed by atoms with Gasteiger partial charge < -0.3 is 4.90 Å². The van der Waals surface area contributed by atoms with Crippen molar-refractivity contribution in [2.24, 2.45) is 0 Å². The van der Waals surface area contributed by atoms with Crippen molar-refractivity contribution in [1.82, 2.24) is 19.7 Å². The Morgan fingerprint density at radius 3 is 2.84 bits per heavy atom. The van der Waals surface area contributed by atoms with Crippen LogP contribution >= 0.6 is 11.8 Å². The van der Waals surface area contributed by atoms with E-state index in [2.05, 4.69) is 10.2 Å². The maximum atomic E-state index is 12.2. The van der Waals surface area contributed by atoms with Crippen LogP contribution in [-0.4, -0.2) is 44.4 Å². The van der Waals surface area contributed by atoms with Gasteiger partial charge in [0.1, 0.15) is 0 Å². The number of carbonyl (C=O) groups excluding carboxylic acids is 1. The second-order valence-electron chi connectivity index (χ2n) is 5.37.